The maximum atomic E-state index is 13.6. The van der Waals surface area contributed by atoms with Crippen molar-refractivity contribution in [2.24, 2.45) is 5.92 Å². The number of rotatable bonds is 6. The lowest BCUT2D eigenvalue weighted by Crippen LogP contribution is -2.41. The van der Waals surface area contributed by atoms with Crippen LogP contribution in [0.3, 0.4) is 0 Å². The SMILES string of the molecule is CCOC(=O)C1CCN(C(=O)/C(C#N)=C\NCc2ccccc2F)CC1. The molecule has 0 spiro atoms. The van der Waals surface area contributed by atoms with Gasteiger partial charge in [0.2, 0.25) is 0 Å². The lowest BCUT2D eigenvalue weighted by Gasteiger charge is -2.30. The molecule has 26 heavy (non-hydrogen) atoms. The number of piperidine rings is 1. The first kappa shape index (κ1) is 19.4. The molecule has 7 heteroatoms. The number of nitrogens with one attached hydrogen (secondary N) is 1. The van der Waals surface area contributed by atoms with Crippen LogP contribution in [0.4, 0.5) is 4.39 Å². The number of carbonyl (C=O) groups is 2. The van der Waals surface area contributed by atoms with E-state index in [1.54, 1.807) is 30.0 Å². The van der Waals surface area contributed by atoms with Gasteiger partial charge in [0, 0.05) is 31.4 Å². The van der Waals surface area contributed by atoms with Gasteiger partial charge in [-0.2, -0.15) is 5.26 Å². The van der Waals surface area contributed by atoms with E-state index in [-0.39, 0.29) is 29.8 Å². The van der Waals surface area contributed by atoms with Crippen LogP contribution in [0.25, 0.3) is 0 Å². The van der Waals surface area contributed by atoms with Crippen LogP contribution in [0, 0.1) is 23.1 Å². The number of amides is 1. The highest BCUT2D eigenvalue weighted by Gasteiger charge is 2.29. The molecular formula is C19H22FN3O3. The zero-order valence-electron chi connectivity index (χ0n) is 14.7. The van der Waals surface area contributed by atoms with Gasteiger partial charge in [0.05, 0.1) is 12.5 Å². The molecule has 1 aliphatic heterocycles. The molecule has 1 saturated heterocycles. The number of nitriles is 1. The largest absolute Gasteiger partial charge is 0.466 e. The maximum Gasteiger partial charge on any atom is 0.309 e. The minimum Gasteiger partial charge on any atom is -0.466 e. The van der Waals surface area contributed by atoms with E-state index in [0.717, 1.165) is 0 Å². The van der Waals surface area contributed by atoms with Gasteiger partial charge < -0.3 is 15.0 Å². The summed E-state index contributed by atoms with van der Waals surface area (Å²) in [5, 5.41) is 12.0. The van der Waals surface area contributed by atoms with Crippen molar-refractivity contribution in [3.05, 3.63) is 47.4 Å². The number of hydrogen-bond donors (Lipinski definition) is 1. The maximum absolute atomic E-state index is 13.6. The van der Waals surface area contributed by atoms with E-state index in [4.69, 9.17) is 4.74 Å². The number of ether oxygens (including phenoxy) is 1. The molecule has 1 N–H and O–H groups in total. The van der Waals surface area contributed by atoms with Crippen molar-refractivity contribution >= 4 is 11.9 Å². The van der Waals surface area contributed by atoms with Crippen LogP contribution in [0.2, 0.25) is 0 Å². The first-order valence-corrected chi connectivity index (χ1v) is 8.59. The van der Waals surface area contributed by atoms with E-state index in [0.29, 0.717) is 38.1 Å². The molecule has 1 heterocycles. The number of nitrogens with zero attached hydrogens (tertiary/aromatic N) is 2. The number of esters is 1. The highest BCUT2D eigenvalue weighted by Crippen LogP contribution is 2.20. The van der Waals surface area contributed by atoms with Crippen molar-refractivity contribution in [1.29, 1.82) is 5.26 Å². The Labute approximate surface area is 152 Å². The van der Waals surface area contributed by atoms with Crippen molar-refractivity contribution in [2.45, 2.75) is 26.3 Å². The fraction of sp³-hybridized carbons (Fsp3) is 0.421. The normalized spacial score (nSPS) is 15.3. The van der Waals surface area contributed by atoms with Gasteiger partial charge in [-0.3, -0.25) is 9.59 Å². The van der Waals surface area contributed by atoms with Crippen LogP contribution in [0.5, 0.6) is 0 Å². The topological polar surface area (TPSA) is 82.4 Å². The first-order valence-electron chi connectivity index (χ1n) is 8.59. The summed E-state index contributed by atoms with van der Waals surface area (Å²) in [6.45, 7) is 3.07. The summed E-state index contributed by atoms with van der Waals surface area (Å²) in [5.74, 6) is -1.18. The van der Waals surface area contributed by atoms with Gasteiger partial charge in [0.1, 0.15) is 17.5 Å². The minimum atomic E-state index is -0.393. The second kappa shape index (κ2) is 9.56. The second-order valence-electron chi connectivity index (χ2n) is 5.96. The van der Waals surface area contributed by atoms with Crippen LogP contribution in [0.1, 0.15) is 25.3 Å². The quantitative estimate of drug-likeness (QED) is 0.478. The second-order valence-corrected chi connectivity index (χ2v) is 5.96. The molecule has 1 aromatic rings. The van der Waals surface area contributed by atoms with Crippen LogP contribution >= 0.6 is 0 Å². The standard InChI is InChI=1S/C19H22FN3O3/c1-2-26-19(25)14-7-9-23(10-8-14)18(24)16(11-21)13-22-12-15-5-3-4-6-17(15)20/h3-6,13-14,22H,2,7-10,12H2,1H3/b16-13-. The average molecular weight is 359 g/mol. The van der Waals surface area contributed by atoms with E-state index in [9.17, 15) is 19.2 Å². The Morgan fingerprint density at radius 3 is 2.69 bits per heavy atom. The molecule has 6 nitrogen and oxygen atoms in total. The average Bonchev–Trinajstić information content (AvgIpc) is 2.66. The lowest BCUT2D eigenvalue weighted by molar-refractivity contribution is -0.150. The number of halogens is 1. The van der Waals surface area contributed by atoms with Crippen LogP contribution in [0.15, 0.2) is 36.0 Å². The summed E-state index contributed by atoms with van der Waals surface area (Å²) in [4.78, 5) is 25.7. The fourth-order valence-corrected chi connectivity index (χ4v) is 2.80. The smallest absolute Gasteiger partial charge is 0.309 e. The van der Waals surface area contributed by atoms with Gasteiger partial charge in [0.25, 0.3) is 5.91 Å². The molecule has 0 unspecified atom stereocenters. The molecule has 1 fully saturated rings. The van der Waals surface area contributed by atoms with Crippen LogP contribution in [-0.2, 0) is 20.9 Å². The highest BCUT2D eigenvalue weighted by atomic mass is 19.1. The summed E-state index contributed by atoms with van der Waals surface area (Å²) in [6, 6.07) is 8.17. The Kier molecular flexibility index (Phi) is 7.15. The molecule has 0 atom stereocenters. The van der Waals surface area contributed by atoms with Crippen LogP contribution < -0.4 is 5.32 Å². The van der Waals surface area contributed by atoms with Gasteiger partial charge in [-0.15, -0.1) is 0 Å². The van der Waals surface area contributed by atoms with Gasteiger partial charge in [-0.05, 0) is 25.8 Å². The Morgan fingerprint density at radius 2 is 2.08 bits per heavy atom. The number of benzene rings is 1. The predicted molar refractivity (Wildman–Crippen MR) is 92.9 cm³/mol. The number of hydrogen-bond acceptors (Lipinski definition) is 5. The Morgan fingerprint density at radius 1 is 1.38 bits per heavy atom. The summed E-state index contributed by atoms with van der Waals surface area (Å²) < 4.78 is 18.6. The van der Waals surface area contributed by atoms with Gasteiger partial charge in [-0.25, -0.2) is 4.39 Å². The molecule has 0 radical (unpaired) electrons. The molecule has 0 aliphatic carbocycles. The lowest BCUT2D eigenvalue weighted by atomic mass is 9.96. The fourth-order valence-electron chi connectivity index (χ4n) is 2.80. The van der Waals surface area contributed by atoms with E-state index in [1.165, 1.54) is 12.3 Å². The predicted octanol–water partition coefficient (Wildman–Crippen LogP) is 2.12. The minimum absolute atomic E-state index is 0.0454. The third kappa shape index (κ3) is 5.06. The monoisotopic (exact) mass is 359 g/mol. The van der Waals surface area contributed by atoms with Crippen LogP contribution in [-0.4, -0.2) is 36.5 Å². The van der Waals surface area contributed by atoms with E-state index >= 15 is 0 Å². The first-order chi connectivity index (χ1) is 12.6. The molecule has 1 aromatic carbocycles. The molecule has 2 rings (SSSR count). The van der Waals surface area contributed by atoms with Crippen molar-refractivity contribution < 1.29 is 18.7 Å². The van der Waals surface area contributed by atoms with Gasteiger partial charge in [0.15, 0.2) is 0 Å². The van der Waals surface area contributed by atoms with Gasteiger partial charge in [-0.1, -0.05) is 18.2 Å². The Bertz CT molecular complexity index is 719. The molecule has 1 aliphatic rings. The Balaban J connectivity index is 1.89. The summed E-state index contributed by atoms with van der Waals surface area (Å²) in [7, 11) is 0. The summed E-state index contributed by atoms with van der Waals surface area (Å²) >= 11 is 0. The highest BCUT2D eigenvalue weighted by molar-refractivity contribution is 5.97. The third-order valence-electron chi connectivity index (χ3n) is 4.25. The zero-order valence-corrected chi connectivity index (χ0v) is 14.7. The molecule has 138 valence electrons. The van der Waals surface area contributed by atoms with Crippen molar-refractivity contribution in [2.75, 3.05) is 19.7 Å². The molecule has 0 saturated carbocycles. The number of carbonyl (C=O) groups excluding carboxylic acids is 2. The van der Waals surface area contributed by atoms with E-state index in [2.05, 4.69) is 5.32 Å². The molecular weight excluding hydrogens is 337 g/mol. The molecule has 0 aromatic heterocycles. The van der Waals surface area contributed by atoms with Gasteiger partial charge >= 0.3 is 5.97 Å². The third-order valence-corrected chi connectivity index (χ3v) is 4.25. The van der Waals surface area contributed by atoms with E-state index < -0.39 is 5.91 Å². The van der Waals surface area contributed by atoms with Crippen molar-refractivity contribution in [1.82, 2.24) is 10.2 Å². The summed E-state index contributed by atoms with van der Waals surface area (Å²) in [5.41, 5.74) is 0.402. The van der Waals surface area contributed by atoms with E-state index in [1.807, 2.05) is 6.07 Å². The molecule has 0 bridgehead atoms. The van der Waals surface area contributed by atoms with Crippen molar-refractivity contribution in [3.8, 4) is 6.07 Å². The number of likely N-dealkylation sites (tertiary alicyclic amines) is 1. The Hall–Kier alpha value is -2.88. The zero-order chi connectivity index (χ0) is 18.9. The van der Waals surface area contributed by atoms with Crippen molar-refractivity contribution in [3.63, 3.8) is 0 Å². The molecule has 1 amide bonds. The summed E-state index contributed by atoms with van der Waals surface area (Å²) in [6.07, 6.45) is 2.35.